The molecule has 0 spiro atoms. The zero-order valence-corrected chi connectivity index (χ0v) is 11.4. The molecule has 0 aliphatic carbocycles. The summed E-state index contributed by atoms with van der Waals surface area (Å²) >= 11 is 0. The maximum Gasteiger partial charge on any atom is 0.334 e. The Labute approximate surface area is 121 Å². The molecule has 4 amide bonds. The van der Waals surface area contributed by atoms with Crippen LogP contribution in [0.1, 0.15) is 6.92 Å². The number of carbonyl (C=O) groups excluding carboxylic acids is 3. The van der Waals surface area contributed by atoms with Crippen molar-refractivity contribution < 1.29 is 23.9 Å². The number of ether oxygens (including phenoxy) is 2. The number of hydrogen-bond donors (Lipinski definition) is 0. The summed E-state index contributed by atoms with van der Waals surface area (Å²) in [5, 5.41) is 0. The second kappa shape index (κ2) is 5.08. The van der Waals surface area contributed by atoms with Crippen molar-refractivity contribution >= 4 is 17.8 Å². The molecule has 0 bridgehead atoms. The van der Waals surface area contributed by atoms with Gasteiger partial charge in [-0.15, -0.1) is 0 Å². The van der Waals surface area contributed by atoms with E-state index in [2.05, 4.69) is 0 Å². The minimum absolute atomic E-state index is 0.00571. The maximum atomic E-state index is 12.0. The molecule has 0 N–H and O–H groups in total. The number of amides is 4. The zero-order chi connectivity index (χ0) is 15.0. The van der Waals surface area contributed by atoms with Crippen LogP contribution in [0.5, 0.6) is 11.5 Å². The van der Waals surface area contributed by atoms with E-state index in [0.29, 0.717) is 11.5 Å². The molecule has 0 aromatic heterocycles. The van der Waals surface area contributed by atoms with E-state index in [1.165, 1.54) is 0 Å². The highest BCUT2D eigenvalue weighted by molar-refractivity contribution is 6.44. The van der Waals surface area contributed by atoms with Crippen LogP contribution in [0.15, 0.2) is 24.3 Å². The largest absolute Gasteiger partial charge is 0.486 e. The van der Waals surface area contributed by atoms with Gasteiger partial charge in [-0.25, -0.2) is 4.79 Å². The molecule has 0 radical (unpaired) electrons. The van der Waals surface area contributed by atoms with Crippen molar-refractivity contribution in [3.8, 4) is 11.5 Å². The number of imide groups is 2. The Kier molecular flexibility index (Phi) is 3.25. The summed E-state index contributed by atoms with van der Waals surface area (Å²) in [6, 6.07) is 6.56. The summed E-state index contributed by atoms with van der Waals surface area (Å²) in [6.07, 6.45) is -0.489. The Hall–Kier alpha value is -2.57. The monoisotopic (exact) mass is 290 g/mol. The minimum Gasteiger partial charge on any atom is -0.486 e. The van der Waals surface area contributed by atoms with Gasteiger partial charge in [-0.1, -0.05) is 12.1 Å². The van der Waals surface area contributed by atoms with Gasteiger partial charge in [0, 0.05) is 6.54 Å². The molecule has 110 valence electrons. The van der Waals surface area contributed by atoms with E-state index in [1.54, 1.807) is 25.1 Å². The molecule has 0 saturated carbocycles. The highest BCUT2D eigenvalue weighted by atomic mass is 16.6. The molecule has 1 saturated heterocycles. The predicted molar refractivity (Wildman–Crippen MR) is 70.8 cm³/mol. The third kappa shape index (κ3) is 2.20. The van der Waals surface area contributed by atoms with Gasteiger partial charge in [0.1, 0.15) is 6.61 Å². The van der Waals surface area contributed by atoms with E-state index >= 15 is 0 Å². The first-order chi connectivity index (χ1) is 10.1. The summed E-state index contributed by atoms with van der Waals surface area (Å²) in [4.78, 5) is 37.3. The molecule has 2 aliphatic heterocycles. The average Bonchev–Trinajstić information content (AvgIpc) is 2.70. The van der Waals surface area contributed by atoms with E-state index < -0.39 is 23.9 Å². The lowest BCUT2D eigenvalue weighted by atomic mass is 10.2. The third-order valence-corrected chi connectivity index (χ3v) is 3.41. The van der Waals surface area contributed by atoms with Crippen LogP contribution < -0.4 is 9.47 Å². The number of carbonyl (C=O) groups is 3. The van der Waals surface area contributed by atoms with Crippen molar-refractivity contribution in [1.29, 1.82) is 0 Å². The Morgan fingerprint density at radius 2 is 1.76 bits per heavy atom. The molecule has 2 heterocycles. The average molecular weight is 290 g/mol. The van der Waals surface area contributed by atoms with Gasteiger partial charge in [0.05, 0.1) is 6.54 Å². The normalized spacial score (nSPS) is 21.2. The fraction of sp³-hybridized carbons (Fsp3) is 0.357. The summed E-state index contributed by atoms with van der Waals surface area (Å²) in [5.41, 5.74) is 0. The molecule has 7 nitrogen and oxygen atoms in total. The minimum atomic E-state index is -0.815. The SMILES string of the molecule is CCN1C(=O)C(=O)N(C[C@@H]2COc3ccccc3O2)C1=O. The second-order valence-corrected chi connectivity index (χ2v) is 4.75. The van der Waals surface area contributed by atoms with E-state index in [0.717, 1.165) is 9.80 Å². The molecule has 1 aromatic rings. The van der Waals surface area contributed by atoms with E-state index in [-0.39, 0.29) is 19.7 Å². The van der Waals surface area contributed by atoms with Crippen molar-refractivity contribution in [2.75, 3.05) is 19.7 Å². The quantitative estimate of drug-likeness (QED) is 0.603. The molecule has 3 rings (SSSR count). The first kappa shape index (κ1) is 13.4. The van der Waals surface area contributed by atoms with E-state index in [9.17, 15) is 14.4 Å². The molecule has 2 aliphatic rings. The lowest BCUT2D eigenvalue weighted by Crippen LogP contribution is -2.44. The Morgan fingerprint density at radius 3 is 2.43 bits per heavy atom. The third-order valence-electron chi connectivity index (χ3n) is 3.41. The number of urea groups is 1. The van der Waals surface area contributed by atoms with Gasteiger partial charge in [0.25, 0.3) is 0 Å². The van der Waals surface area contributed by atoms with Gasteiger partial charge in [-0.3, -0.25) is 19.4 Å². The Balaban J connectivity index is 1.72. The van der Waals surface area contributed by atoms with Gasteiger partial charge in [0.2, 0.25) is 0 Å². The van der Waals surface area contributed by atoms with Crippen LogP contribution in [0.4, 0.5) is 4.79 Å². The fourth-order valence-corrected chi connectivity index (χ4v) is 2.35. The fourth-order valence-electron chi connectivity index (χ4n) is 2.35. The summed E-state index contributed by atoms with van der Waals surface area (Å²) < 4.78 is 11.2. The number of nitrogens with zero attached hydrogens (tertiary/aromatic N) is 2. The highest BCUT2D eigenvalue weighted by Gasteiger charge is 2.45. The Bertz CT molecular complexity index is 615. The lowest BCUT2D eigenvalue weighted by molar-refractivity contribution is -0.143. The first-order valence-electron chi connectivity index (χ1n) is 6.67. The van der Waals surface area contributed by atoms with Crippen molar-refractivity contribution in [2.24, 2.45) is 0 Å². The van der Waals surface area contributed by atoms with Gasteiger partial charge < -0.3 is 9.47 Å². The summed E-state index contributed by atoms with van der Waals surface area (Å²) in [7, 11) is 0. The molecule has 7 heteroatoms. The van der Waals surface area contributed by atoms with Gasteiger partial charge in [-0.05, 0) is 19.1 Å². The molecular formula is C14H14N2O5. The van der Waals surface area contributed by atoms with Crippen molar-refractivity contribution in [1.82, 2.24) is 9.80 Å². The van der Waals surface area contributed by atoms with Gasteiger partial charge in [-0.2, -0.15) is 0 Å². The maximum absolute atomic E-state index is 12.0. The lowest BCUT2D eigenvalue weighted by Gasteiger charge is -2.28. The number of fused-ring (bicyclic) bond motifs is 1. The number of para-hydroxylation sites is 2. The Morgan fingerprint density at radius 1 is 1.10 bits per heavy atom. The van der Waals surface area contributed by atoms with Crippen LogP contribution >= 0.6 is 0 Å². The van der Waals surface area contributed by atoms with Crippen LogP contribution in [-0.2, 0) is 9.59 Å². The van der Waals surface area contributed by atoms with Crippen LogP contribution in [0, 0.1) is 0 Å². The van der Waals surface area contributed by atoms with E-state index in [1.807, 2.05) is 6.07 Å². The molecule has 1 atom stereocenters. The van der Waals surface area contributed by atoms with Crippen molar-refractivity contribution in [2.45, 2.75) is 13.0 Å². The highest BCUT2D eigenvalue weighted by Crippen LogP contribution is 2.31. The van der Waals surface area contributed by atoms with Crippen molar-refractivity contribution in [3.05, 3.63) is 24.3 Å². The predicted octanol–water partition coefficient (Wildman–Crippen LogP) is 0.637. The van der Waals surface area contributed by atoms with Crippen LogP contribution in [0.25, 0.3) is 0 Å². The summed E-state index contributed by atoms with van der Waals surface area (Å²) in [6.45, 7) is 2.02. The number of benzene rings is 1. The molecule has 21 heavy (non-hydrogen) atoms. The van der Waals surface area contributed by atoms with Gasteiger partial charge >= 0.3 is 17.8 Å². The van der Waals surface area contributed by atoms with E-state index in [4.69, 9.17) is 9.47 Å². The summed E-state index contributed by atoms with van der Waals surface area (Å²) in [5.74, 6) is -0.422. The zero-order valence-electron chi connectivity index (χ0n) is 11.4. The first-order valence-corrected chi connectivity index (χ1v) is 6.67. The smallest absolute Gasteiger partial charge is 0.334 e. The number of hydrogen-bond acceptors (Lipinski definition) is 5. The topological polar surface area (TPSA) is 76.2 Å². The van der Waals surface area contributed by atoms with Crippen LogP contribution in [0.3, 0.4) is 0 Å². The second-order valence-electron chi connectivity index (χ2n) is 4.75. The van der Waals surface area contributed by atoms with Crippen LogP contribution in [0.2, 0.25) is 0 Å². The standard InChI is InChI=1S/C14H14N2O5/c1-2-15-12(17)13(18)16(14(15)19)7-9-8-20-10-5-3-4-6-11(10)21-9/h3-6,9H,2,7-8H2,1H3/t9-/m1/s1. The molecule has 1 fully saturated rings. The van der Waals surface area contributed by atoms with Gasteiger partial charge in [0.15, 0.2) is 17.6 Å². The molecular weight excluding hydrogens is 276 g/mol. The number of rotatable bonds is 3. The van der Waals surface area contributed by atoms with Crippen molar-refractivity contribution in [3.63, 3.8) is 0 Å². The number of likely N-dealkylation sites (N-methyl/N-ethyl adjacent to an activating group) is 1. The molecule has 1 aromatic carbocycles. The van der Waals surface area contributed by atoms with Crippen LogP contribution in [-0.4, -0.2) is 53.4 Å². The molecule has 0 unspecified atom stereocenters.